The second-order valence-electron chi connectivity index (χ2n) is 5.87. The Hall–Kier alpha value is -1.70. The minimum Gasteiger partial charge on any atom is -0.494 e. The quantitative estimate of drug-likeness (QED) is 0.413. The lowest BCUT2D eigenvalue weighted by Crippen LogP contribution is -2.07. The van der Waals surface area contributed by atoms with E-state index >= 15 is 0 Å². The van der Waals surface area contributed by atoms with Gasteiger partial charge in [-0.3, -0.25) is 9.59 Å². The van der Waals surface area contributed by atoms with Gasteiger partial charge in [0.05, 0.1) is 13.2 Å². The summed E-state index contributed by atoms with van der Waals surface area (Å²) in [6.45, 7) is 5.03. The number of rotatable bonds is 10. The van der Waals surface area contributed by atoms with E-state index in [-0.39, 0.29) is 23.1 Å². The molecular formula is C21H26ClNO4S2. The molecule has 0 saturated heterocycles. The minimum atomic E-state index is 0.0722. The molecular weight excluding hydrogens is 430 g/mol. The number of thiol groups is 2. The highest BCUT2D eigenvalue weighted by Gasteiger charge is 2.09. The van der Waals surface area contributed by atoms with Crippen LogP contribution in [0.25, 0.3) is 0 Å². The highest BCUT2D eigenvalue weighted by molar-refractivity contribution is 7.81. The zero-order chi connectivity index (χ0) is 21.6. The van der Waals surface area contributed by atoms with Crippen LogP contribution in [0, 0.1) is 0 Å². The molecule has 1 heterocycles. The molecule has 0 N–H and O–H groups in total. The minimum absolute atomic E-state index is 0.0722. The number of aromatic nitrogens is 1. The number of carbonyl (C=O) groups is 2. The number of benzene rings is 1. The van der Waals surface area contributed by atoms with E-state index in [4.69, 9.17) is 21.1 Å². The number of ketones is 2. The lowest BCUT2D eigenvalue weighted by atomic mass is 10.1. The van der Waals surface area contributed by atoms with Crippen molar-refractivity contribution < 1.29 is 19.1 Å². The Morgan fingerprint density at radius 1 is 0.966 bits per heavy atom. The molecule has 1 aromatic heterocycles. The molecule has 0 fully saturated rings. The molecule has 1 aromatic carbocycles. The number of hydrogen-bond donors (Lipinski definition) is 2. The van der Waals surface area contributed by atoms with E-state index in [9.17, 15) is 9.59 Å². The second kappa shape index (κ2) is 14.3. The van der Waals surface area contributed by atoms with Gasteiger partial charge in [0, 0.05) is 36.1 Å². The van der Waals surface area contributed by atoms with Gasteiger partial charge >= 0.3 is 0 Å². The van der Waals surface area contributed by atoms with Gasteiger partial charge in [0.25, 0.3) is 0 Å². The van der Waals surface area contributed by atoms with Crippen molar-refractivity contribution in [1.82, 2.24) is 4.98 Å². The average molecular weight is 456 g/mol. The maximum Gasteiger partial charge on any atom is 0.146 e. The van der Waals surface area contributed by atoms with Crippen molar-refractivity contribution >= 4 is 48.4 Å². The normalized spacial score (nSPS) is 9.97. The molecule has 8 heteroatoms. The number of nitrogens with zero attached hydrogens (tertiary/aromatic N) is 1. The average Bonchev–Trinajstić information content (AvgIpc) is 2.70. The number of carbonyl (C=O) groups excluding carboxylic acids is 2. The van der Waals surface area contributed by atoms with Crippen LogP contribution in [0.3, 0.4) is 0 Å². The fraction of sp³-hybridized carbons (Fsp3) is 0.381. The first-order chi connectivity index (χ1) is 13.9. The predicted molar refractivity (Wildman–Crippen MR) is 123 cm³/mol. The van der Waals surface area contributed by atoms with Crippen molar-refractivity contribution in [3.63, 3.8) is 0 Å². The first kappa shape index (κ1) is 25.3. The predicted octanol–water partition coefficient (Wildman–Crippen LogP) is 4.30. The van der Waals surface area contributed by atoms with Gasteiger partial charge in [0.1, 0.15) is 28.2 Å². The van der Waals surface area contributed by atoms with Crippen LogP contribution in [-0.2, 0) is 22.4 Å². The smallest absolute Gasteiger partial charge is 0.146 e. The fourth-order valence-electron chi connectivity index (χ4n) is 2.35. The summed E-state index contributed by atoms with van der Waals surface area (Å²) in [4.78, 5) is 26.2. The number of hydrogen-bond acceptors (Lipinski definition) is 7. The van der Waals surface area contributed by atoms with E-state index in [1.807, 2.05) is 32.0 Å². The monoisotopic (exact) mass is 455 g/mol. The summed E-state index contributed by atoms with van der Waals surface area (Å²) in [6.07, 6.45) is 2.30. The SMILES string of the molecule is CCOc1ccc(OCC)c(CC(=O)CS)c1.O=C(CS)Cc1ccnc(Cl)c1. The van der Waals surface area contributed by atoms with Crippen LogP contribution in [0.5, 0.6) is 11.5 Å². The Morgan fingerprint density at radius 3 is 2.21 bits per heavy atom. The highest BCUT2D eigenvalue weighted by Crippen LogP contribution is 2.25. The Kier molecular flexibility index (Phi) is 12.5. The first-order valence-corrected chi connectivity index (χ1v) is 10.8. The maximum atomic E-state index is 11.4. The summed E-state index contributed by atoms with van der Waals surface area (Å²) < 4.78 is 10.9. The molecule has 0 spiro atoms. The van der Waals surface area contributed by atoms with Crippen molar-refractivity contribution in [2.45, 2.75) is 26.7 Å². The van der Waals surface area contributed by atoms with E-state index in [0.29, 0.717) is 31.2 Å². The topological polar surface area (TPSA) is 65.5 Å². The summed E-state index contributed by atoms with van der Waals surface area (Å²) >= 11 is 13.5. The van der Waals surface area contributed by atoms with Crippen LogP contribution in [0.15, 0.2) is 36.5 Å². The molecule has 0 unspecified atom stereocenters. The molecule has 0 radical (unpaired) electrons. The van der Waals surface area contributed by atoms with Crippen LogP contribution in [-0.4, -0.2) is 41.3 Å². The highest BCUT2D eigenvalue weighted by atomic mass is 35.5. The summed E-state index contributed by atoms with van der Waals surface area (Å²) in [5.74, 6) is 2.16. The lowest BCUT2D eigenvalue weighted by molar-refractivity contribution is -0.116. The van der Waals surface area contributed by atoms with Gasteiger partial charge in [0.2, 0.25) is 0 Å². The summed E-state index contributed by atoms with van der Waals surface area (Å²) in [5.41, 5.74) is 1.74. The number of pyridine rings is 1. The van der Waals surface area contributed by atoms with E-state index in [0.717, 1.165) is 22.6 Å². The maximum absolute atomic E-state index is 11.4. The molecule has 0 amide bonds. The van der Waals surface area contributed by atoms with Gasteiger partial charge < -0.3 is 9.47 Å². The van der Waals surface area contributed by atoms with Gasteiger partial charge in [0.15, 0.2) is 0 Å². The largest absolute Gasteiger partial charge is 0.494 e. The third-order valence-electron chi connectivity index (χ3n) is 3.58. The van der Waals surface area contributed by atoms with E-state index in [2.05, 4.69) is 30.2 Å². The Bertz CT molecular complexity index is 802. The standard InChI is InChI=1S/C13H18O3S.C8H8ClNOS/c1-3-15-12-5-6-13(16-4-2)10(8-12)7-11(14)9-17;9-8-4-6(1-2-10-8)3-7(11)5-12/h5-6,8,17H,3-4,7,9H2,1-2H3;1-2,4,12H,3,5H2. The summed E-state index contributed by atoms with van der Waals surface area (Å²) in [6, 6.07) is 9.00. The fourth-order valence-corrected chi connectivity index (χ4v) is 2.77. The molecule has 2 rings (SSSR count). The van der Waals surface area contributed by atoms with Crippen molar-refractivity contribution in [1.29, 1.82) is 0 Å². The molecule has 5 nitrogen and oxygen atoms in total. The summed E-state index contributed by atoms with van der Waals surface area (Å²) in [5, 5.41) is 0.416. The Balaban J connectivity index is 0.000000308. The van der Waals surface area contributed by atoms with Gasteiger partial charge in [-0.05, 0) is 49.7 Å². The Morgan fingerprint density at radius 2 is 1.62 bits per heavy atom. The first-order valence-electron chi connectivity index (χ1n) is 9.17. The molecule has 0 aliphatic rings. The van der Waals surface area contributed by atoms with E-state index < -0.39 is 0 Å². The van der Waals surface area contributed by atoms with Crippen molar-refractivity contribution in [2.75, 3.05) is 24.7 Å². The van der Waals surface area contributed by atoms with Crippen LogP contribution < -0.4 is 9.47 Å². The van der Waals surface area contributed by atoms with Gasteiger partial charge in [-0.1, -0.05) is 11.6 Å². The molecule has 2 aromatic rings. The van der Waals surface area contributed by atoms with Crippen LogP contribution in [0.1, 0.15) is 25.0 Å². The molecule has 0 aliphatic heterocycles. The van der Waals surface area contributed by atoms with Gasteiger partial charge in [-0.15, -0.1) is 0 Å². The molecule has 158 valence electrons. The zero-order valence-electron chi connectivity index (χ0n) is 16.6. The zero-order valence-corrected chi connectivity index (χ0v) is 19.1. The third kappa shape index (κ3) is 10.1. The second-order valence-corrected chi connectivity index (χ2v) is 6.89. The van der Waals surface area contributed by atoms with Crippen LogP contribution in [0.4, 0.5) is 0 Å². The van der Waals surface area contributed by atoms with Gasteiger partial charge in [-0.25, -0.2) is 4.98 Å². The van der Waals surface area contributed by atoms with Crippen molar-refractivity contribution in [3.05, 3.63) is 52.8 Å². The van der Waals surface area contributed by atoms with Crippen LogP contribution >= 0.6 is 36.9 Å². The van der Waals surface area contributed by atoms with Crippen molar-refractivity contribution in [3.8, 4) is 11.5 Å². The Labute approximate surface area is 188 Å². The van der Waals surface area contributed by atoms with Crippen molar-refractivity contribution in [2.24, 2.45) is 0 Å². The number of halogens is 1. The van der Waals surface area contributed by atoms with Crippen LogP contribution in [0.2, 0.25) is 5.15 Å². The molecule has 0 bridgehead atoms. The summed E-state index contributed by atoms with van der Waals surface area (Å²) in [7, 11) is 0. The molecule has 0 atom stereocenters. The molecule has 0 saturated carbocycles. The third-order valence-corrected chi connectivity index (χ3v) is 4.49. The molecule has 29 heavy (non-hydrogen) atoms. The number of ether oxygens (including phenoxy) is 2. The van der Waals surface area contributed by atoms with E-state index in [1.54, 1.807) is 18.3 Å². The lowest BCUT2D eigenvalue weighted by Gasteiger charge is -2.11. The van der Waals surface area contributed by atoms with E-state index in [1.165, 1.54) is 0 Å². The molecule has 0 aliphatic carbocycles. The number of Topliss-reactive ketones (excluding diaryl/α,β-unsaturated/α-hetero) is 2. The van der Waals surface area contributed by atoms with Gasteiger partial charge in [-0.2, -0.15) is 25.3 Å².